The first-order chi connectivity index (χ1) is 11.2. The number of carbonyl (C=O) groups excluding carboxylic acids is 1. The molecule has 0 aliphatic heterocycles. The fourth-order valence-corrected chi connectivity index (χ4v) is 2.56. The normalized spacial score (nSPS) is 11.5. The van der Waals surface area contributed by atoms with Crippen molar-refractivity contribution in [1.29, 1.82) is 0 Å². The minimum absolute atomic E-state index is 0.240. The first kappa shape index (κ1) is 18.3. The van der Waals surface area contributed by atoms with E-state index in [1.807, 2.05) is 0 Å². The van der Waals surface area contributed by atoms with Crippen LogP contribution in [0.1, 0.15) is 5.56 Å². The van der Waals surface area contributed by atoms with Crippen molar-refractivity contribution in [1.82, 2.24) is 0 Å². The van der Waals surface area contributed by atoms with Crippen molar-refractivity contribution in [3.05, 3.63) is 64.1 Å². The lowest BCUT2D eigenvalue weighted by Crippen LogP contribution is -2.21. The summed E-state index contributed by atoms with van der Waals surface area (Å²) in [5, 5.41) is 8.32. The molecule has 0 spiro atoms. The monoisotopic (exact) mass is 385 g/mol. The second-order valence-electron chi connectivity index (χ2n) is 4.72. The highest BCUT2D eigenvalue weighted by atomic mass is 35.5. The molecule has 9 heteroatoms. The molecule has 0 atom stereocenters. The molecule has 0 radical (unpaired) electrons. The fourth-order valence-electron chi connectivity index (χ4n) is 1.80. The van der Waals surface area contributed by atoms with E-state index in [9.17, 15) is 13.2 Å². The van der Waals surface area contributed by atoms with E-state index in [4.69, 9.17) is 28.3 Å². The maximum absolute atomic E-state index is 11.9. The van der Waals surface area contributed by atoms with Gasteiger partial charge in [0.15, 0.2) is 0 Å². The molecule has 0 unspecified atom stereocenters. The van der Waals surface area contributed by atoms with Crippen LogP contribution in [-0.4, -0.2) is 14.3 Å². The molecule has 2 aromatic rings. The summed E-state index contributed by atoms with van der Waals surface area (Å²) >= 11 is 11.7. The van der Waals surface area contributed by atoms with Gasteiger partial charge in [0.1, 0.15) is 0 Å². The number of amides is 1. The number of rotatable bonds is 5. The third kappa shape index (κ3) is 5.86. The smallest absolute Gasteiger partial charge is 0.296 e. The van der Waals surface area contributed by atoms with Crippen LogP contribution >= 0.6 is 23.2 Å². The van der Waals surface area contributed by atoms with Gasteiger partial charge in [-0.25, -0.2) is 5.14 Å². The van der Waals surface area contributed by atoms with Gasteiger partial charge in [-0.15, -0.1) is 0 Å². The van der Waals surface area contributed by atoms with E-state index >= 15 is 0 Å². The molecule has 0 heterocycles. The van der Waals surface area contributed by atoms with Crippen molar-refractivity contribution < 1.29 is 13.2 Å². The average Bonchev–Trinajstić information content (AvgIpc) is 2.47. The average molecular weight is 386 g/mol. The summed E-state index contributed by atoms with van der Waals surface area (Å²) < 4.78 is 24.1. The number of nitrogens with two attached hydrogens (primary N) is 1. The Hall–Kier alpha value is -2.06. The van der Waals surface area contributed by atoms with Crippen LogP contribution in [0.3, 0.4) is 0 Å². The van der Waals surface area contributed by atoms with Gasteiger partial charge in [-0.2, -0.15) is 8.42 Å². The highest BCUT2D eigenvalue weighted by Crippen LogP contribution is 2.23. The molecule has 4 N–H and O–H groups in total. The van der Waals surface area contributed by atoms with Crippen LogP contribution in [0.5, 0.6) is 0 Å². The minimum Gasteiger partial charge on any atom is -0.322 e. The zero-order chi connectivity index (χ0) is 17.7. The highest BCUT2D eigenvalue weighted by molar-refractivity contribution is 7.90. The lowest BCUT2D eigenvalue weighted by atomic mass is 10.2. The predicted molar refractivity (Wildman–Crippen MR) is 97.3 cm³/mol. The Bertz CT molecular complexity index is 899. The Morgan fingerprint density at radius 1 is 1.04 bits per heavy atom. The van der Waals surface area contributed by atoms with Crippen LogP contribution < -0.4 is 15.2 Å². The number of benzene rings is 2. The van der Waals surface area contributed by atoms with Crippen LogP contribution in [0.25, 0.3) is 6.08 Å². The van der Waals surface area contributed by atoms with E-state index in [1.165, 1.54) is 18.2 Å². The summed E-state index contributed by atoms with van der Waals surface area (Å²) in [5.41, 5.74) is 1.36. The van der Waals surface area contributed by atoms with E-state index in [0.717, 1.165) is 0 Å². The molecular weight excluding hydrogens is 373 g/mol. The van der Waals surface area contributed by atoms with E-state index < -0.39 is 16.1 Å². The van der Waals surface area contributed by atoms with Crippen LogP contribution in [0.4, 0.5) is 11.4 Å². The van der Waals surface area contributed by atoms with Gasteiger partial charge in [0.2, 0.25) is 5.91 Å². The number of halogens is 2. The van der Waals surface area contributed by atoms with Gasteiger partial charge in [0.25, 0.3) is 10.2 Å². The standard InChI is InChI=1S/C15H13Cl2N3O3S/c16-13-6-4-10(8-14(13)17)5-7-15(21)19-11-2-1-3-12(9-11)20-24(18,22)23/h1-9,20H,(H,19,21)(H2,18,22,23)/b7-5+. The molecule has 2 aromatic carbocycles. The zero-order valence-corrected chi connectivity index (χ0v) is 14.5. The Morgan fingerprint density at radius 2 is 1.75 bits per heavy atom. The van der Waals surface area contributed by atoms with Gasteiger partial charge in [0, 0.05) is 11.8 Å². The molecule has 126 valence electrons. The molecule has 1 amide bonds. The first-order valence-electron chi connectivity index (χ1n) is 6.58. The Kier molecular flexibility index (Phi) is 5.84. The fraction of sp³-hybridized carbons (Fsp3) is 0. The zero-order valence-electron chi connectivity index (χ0n) is 12.2. The van der Waals surface area contributed by atoms with Crippen LogP contribution in [-0.2, 0) is 15.0 Å². The van der Waals surface area contributed by atoms with Crippen LogP contribution in [0.15, 0.2) is 48.5 Å². The third-order valence-corrected chi connectivity index (χ3v) is 4.02. The quantitative estimate of drug-likeness (QED) is 0.688. The van der Waals surface area contributed by atoms with Gasteiger partial charge in [-0.1, -0.05) is 35.3 Å². The summed E-state index contributed by atoms with van der Waals surface area (Å²) in [6.45, 7) is 0. The minimum atomic E-state index is -3.88. The topological polar surface area (TPSA) is 101 Å². The SMILES string of the molecule is NS(=O)(=O)Nc1cccc(NC(=O)/C=C/c2ccc(Cl)c(Cl)c2)c1. The molecule has 2 rings (SSSR count). The second-order valence-corrected chi connectivity index (χ2v) is 6.83. The third-order valence-electron chi connectivity index (χ3n) is 2.76. The molecule has 24 heavy (non-hydrogen) atoms. The van der Waals surface area contributed by atoms with Crippen molar-refractivity contribution in [3.8, 4) is 0 Å². The molecule has 0 aromatic heterocycles. The van der Waals surface area contributed by atoms with Gasteiger partial charge in [0.05, 0.1) is 15.7 Å². The molecule has 0 saturated heterocycles. The number of carbonyl (C=O) groups is 1. The van der Waals surface area contributed by atoms with Crippen molar-refractivity contribution in [2.45, 2.75) is 0 Å². The van der Waals surface area contributed by atoms with E-state index in [2.05, 4.69) is 10.0 Å². The second kappa shape index (κ2) is 7.67. The Labute approximate surface area is 149 Å². The largest absolute Gasteiger partial charge is 0.322 e. The van der Waals surface area contributed by atoms with Crippen molar-refractivity contribution >= 4 is 56.8 Å². The molecular formula is C15H13Cl2N3O3S. The summed E-state index contributed by atoms with van der Waals surface area (Å²) in [7, 11) is -3.88. The molecule has 0 bridgehead atoms. The van der Waals surface area contributed by atoms with Crippen LogP contribution in [0.2, 0.25) is 10.0 Å². The maximum atomic E-state index is 11.9. The summed E-state index contributed by atoms with van der Waals surface area (Å²) in [6.07, 6.45) is 2.89. The van der Waals surface area contributed by atoms with Crippen molar-refractivity contribution in [2.75, 3.05) is 10.0 Å². The number of hydrogen-bond acceptors (Lipinski definition) is 3. The first-order valence-corrected chi connectivity index (χ1v) is 8.88. The summed E-state index contributed by atoms with van der Waals surface area (Å²) in [5.74, 6) is -0.395. The van der Waals surface area contributed by atoms with E-state index in [1.54, 1.807) is 36.4 Å². The maximum Gasteiger partial charge on any atom is 0.296 e. The lowest BCUT2D eigenvalue weighted by Gasteiger charge is -2.06. The Morgan fingerprint density at radius 3 is 2.42 bits per heavy atom. The van der Waals surface area contributed by atoms with Gasteiger partial charge in [-0.05, 0) is 42.0 Å². The van der Waals surface area contributed by atoms with Gasteiger partial charge >= 0.3 is 0 Å². The molecule has 0 aliphatic carbocycles. The summed E-state index contributed by atoms with van der Waals surface area (Å²) in [4.78, 5) is 11.9. The summed E-state index contributed by atoms with van der Waals surface area (Å²) in [6, 6.07) is 11.1. The lowest BCUT2D eigenvalue weighted by molar-refractivity contribution is -0.111. The van der Waals surface area contributed by atoms with Crippen molar-refractivity contribution in [2.24, 2.45) is 5.14 Å². The van der Waals surface area contributed by atoms with Gasteiger partial charge in [-0.3, -0.25) is 9.52 Å². The number of hydrogen-bond donors (Lipinski definition) is 3. The van der Waals surface area contributed by atoms with Gasteiger partial charge < -0.3 is 5.32 Å². The van der Waals surface area contributed by atoms with E-state index in [0.29, 0.717) is 21.3 Å². The molecule has 0 saturated carbocycles. The predicted octanol–water partition coefficient (Wildman–Crippen LogP) is 3.26. The number of anilines is 2. The number of nitrogens with one attached hydrogen (secondary N) is 2. The van der Waals surface area contributed by atoms with Crippen LogP contribution in [0, 0.1) is 0 Å². The van der Waals surface area contributed by atoms with Crippen molar-refractivity contribution in [3.63, 3.8) is 0 Å². The Balaban J connectivity index is 2.05. The van der Waals surface area contributed by atoms with E-state index in [-0.39, 0.29) is 5.69 Å². The molecule has 6 nitrogen and oxygen atoms in total. The molecule has 0 aliphatic rings. The highest BCUT2D eigenvalue weighted by Gasteiger charge is 2.04. The molecule has 0 fully saturated rings.